The van der Waals surface area contributed by atoms with Crippen LogP contribution in [0.1, 0.15) is 48.9 Å². The lowest BCUT2D eigenvalue weighted by atomic mass is 9.73. The zero-order chi connectivity index (χ0) is 19.6. The molecule has 3 saturated heterocycles. The van der Waals surface area contributed by atoms with Gasteiger partial charge in [-0.2, -0.15) is 0 Å². The van der Waals surface area contributed by atoms with E-state index in [1.54, 1.807) is 12.1 Å². The van der Waals surface area contributed by atoms with Crippen molar-refractivity contribution in [3.05, 3.63) is 29.8 Å². The van der Waals surface area contributed by atoms with E-state index in [4.69, 9.17) is 0 Å². The van der Waals surface area contributed by atoms with Crippen molar-refractivity contribution in [3.63, 3.8) is 0 Å². The normalized spacial score (nSPS) is 21.9. The van der Waals surface area contributed by atoms with Crippen LogP contribution in [0.2, 0.25) is 0 Å². The van der Waals surface area contributed by atoms with Crippen molar-refractivity contribution in [1.82, 2.24) is 15.5 Å². The average Bonchev–Trinajstić information content (AvgIpc) is 2.91. The second-order valence-corrected chi connectivity index (χ2v) is 8.17. The maximum atomic E-state index is 13.3. The molecular formula is C21H29ClN4O3. The Morgan fingerprint density at radius 3 is 2.48 bits per heavy atom. The summed E-state index contributed by atoms with van der Waals surface area (Å²) in [6.45, 7) is 3.95. The third-order valence-corrected chi connectivity index (χ3v) is 6.48. The summed E-state index contributed by atoms with van der Waals surface area (Å²) in [7, 11) is 0. The van der Waals surface area contributed by atoms with Crippen LogP contribution in [-0.2, 0) is 4.79 Å². The van der Waals surface area contributed by atoms with Gasteiger partial charge in [-0.3, -0.25) is 19.8 Å². The Kier molecular flexibility index (Phi) is 6.80. The standard InChI is InChI=1S/C21H28N4O3.ClH/c26-18-6-14-25(20(28)23-18)17-5-2-1-4-16(17)19(27)24-13-3-7-21(10-15-24)8-11-22-12-9-21;/h1-2,4-5,22H,3,6-15H2,(H,23,26,28);1H. The molecule has 0 bridgehead atoms. The number of hydrogen-bond acceptors (Lipinski definition) is 4. The van der Waals surface area contributed by atoms with Crippen LogP contribution in [0.4, 0.5) is 10.5 Å². The number of carbonyl (C=O) groups excluding carboxylic acids is 3. The minimum Gasteiger partial charge on any atom is -0.339 e. The van der Waals surface area contributed by atoms with Gasteiger partial charge in [-0.1, -0.05) is 12.1 Å². The summed E-state index contributed by atoms with van der Waals surface area (Å²) in [5, 5.41) is 5.78. The molecule has 3 fully saturated rings. The number of imide groups is 1. The van der Waals surface area contributed by atoms with Gasteiger partial charge in [-0.05, 0) is 62.7 Å². The third-order valence-electron chi connectivity index (χ3n) is 6.48. The van der Waals surface area contributed by atoms with Crippen LogP contribution >= 0.6 is 12.4 Å². The summed E-state index contributed by atoms with van der Waals surface area (Å²) in [6, 6.07) is 6.76. The molecule has 1 aromatic rings. The van der Waals surface area contributed by atoms with E-state index >= 15 is 0 Å². The van der Waals surface area contributed by atoms with Gasteiger partial charge in [0, 0.05) is 26.1 Å². The predicted molar refractivity (Wildman–Crippen MR) is 113 cm³/mol. The number of nitrogens with zero attached hydrogens (tertiary/aromatic N) is 2. The Hall–Kier alpha value is -2.12. The molecule has 8 heteroatoms. The van der Waals surface area contributed by atoms with E-state index in [2.05, 4.69) is 10.6 Å². The van der Waals surface area contributed by atoms with Crippen molar-refractivity contribution >= 4 is 35.9 Å². The van der Waals surface area contributed by atoms with Gasteiger partial charge in [0.15, 0.2) is 0 Å². The molecule has 0 saturated carbocycles. The average molecular weight is 421 g/mol. The monoisotopic (exact) mass is 420 g/mol. The van der Waals surface area contributed by atoms with Gasteiger partial charge in [-0.25, -0.2) is 4.79 Å². The first kappa shape index (κ1) is 21.6. The number of nitrogens with one attached hydrogen (secondary N) is 2. The highest BCUT2D eigenvalue weighted by atomic mass is 35.5. The fraction of sp³-hybridized carbons (Fsp3) is 0.571. The molecule has 3 heterocycles. The first-order valence-electron chi connectivity index (χ1n) is 10.3. The first-order chi connectivity index (χ1) is 13.6. The number of urea groups is 1. The number of piperidine rings is 1. The molecule has 158 valence electrons. The van der Waals surface area contributed by atoms with Gasteiger partial charge in [-0.15, -0.1) is 12.4 Å². The maximum absolute atomic E-state index is 13.3. The van der Waals surface area contributed by atoms with Crippen molar-refractivity contribution < 1.29 is 14.4 Å². The number of anilines is 1. The molecule has 4 amide bonds. The van der Waals surface area contributed by atoms with Crippen LogP contribution < -0.4 is 15.5 Å². The van der Waals surface area contributed by atoms with E-state index in [1.807, 2.05) is 17.0 Å². The number of hydrogen-bond donors (Lipinski definition) is 2. The molecule has 2 N–H and O–H groups in total. The fourth-order valence-corrected chi connectivity index (χ4v) is 4.77. The number of amides is 4. The molecule has 1 aromatic carbocycles. The Balaban J connectivity index is 0.00000240. The highest BCUT2D eigenvalue weighted by Gasteiger charge is 2.35. The van der Waals surface area contributed by atoms with Crippen LogP contribution in [0.5, 0.6) is 0 Å². The Morgan fingerprint density at radius 1 is 0.966 bits per heavy atom. The molecule has 3 aliphatic rings. The topological polar surface area (TPSA) is 81.8 Å². The lowest BCUT2D eigenvalue weighted by Crippen LogP contribution is -2.50. The van der Waals surface area contributed by atoms with E-state index in [9.17, 15) is 14.4 Å². The zero-order valence-corrected chi connectivity index (χ0v) is 17.4. The Bertz CT molecular complexity index is 779. The molecule has 0 aromatic heterocycles. The summed E-state index contributed by atoms with van der Waals surface area (Å²) in [5.41, 5.74) is 1.49. The quantitative estimate of drug-likeness (QED) is 0.770. The lowest BCUT2D eigenvalue weighted by Gasteiger charge is -2.37. The molecule has 0 radical (unpaired) electrons. The summed E-state index contributed by atoms with van der Waals surface area (Å²) >= 11 is 0. The molecular weight excluding hydrogens is 392 g/mol. The molecule has 29 heavy (non-hydrogen) atoms. The molecule has 7 nitrogen and oxygen atoms in total. The summed E-state index contributed by atoms with van der Waals surface area (Å²) in [6.07, 6.45) is 5.86. The zero-order valence-electron chi connectivity index (χ0n) is 16.6. The molecule has 4 rings (SSSR count). The lowest BCUT2D eigenvalue weighted by molar-refractivity contribution is -0.120. The van der Waals surface area contributed by atoms with Crippen LogP contribution in [0.25, 0.3) is 0 Å². The molecule has 1 spiro atoms. The van der Waals surface area contributed by atoms with E-state index < -0.39 is 6.03 Å². The van der Waals surface area contributed by atoms with E-state index in [0.29, 0.717) is 23.2 Å². The number of likely N-dealkylation sites (tertiary alicyclic amines) is 1. The minimum absolute atomic E-state index is 0. The fourth-order valence-electron chi connectivity index (χ4n) is 4.77. The minimum atomic E-state index is -0.457. The van der Waals surface area contributed by atoms with Crippen molar-refractivity contribution in [3.8, 4) is 0 Å². The molecule has 0 aliphatic carbocycles. The molecule has 3 aliphatic heterocycles. The van der Waals surface area contributed by atoms with Crippen molar-refractivity contribution in [1.29, 1.82) is 0 Å². The molecule has 0 unspecified atom stereocenters. The SMILES string of the molecule is Cl.O=C1CCN(c2ccccc2C(=O)N2CCCC3(CCNCC3)CC2)C(=O)N1. The van der Waals surface area contributed by atoms with Crippen LogP contribution in [0.15, 0.2) is 24.3 Å². The second-order valence-electron chi connectivity index (χ2n) is 8.17. The molecule has 0 atom stereocenters. The number of rotatable bonds is 2. The van der Waals surface area contributed by atoms with Crippen LogP contribution in [0, 0.1) is 5.41 Å². The first-order valence-corrected chi connectivity index (χ1v) is 10.3. The smallest absolute Gasteiger partial charge is 0.328 e. The van der Waals surface area contributed by atoms with Crippen molar-refractivity contribution in [2.24, 2.45) is 5.41 Å². The van der Waals surface area contributed by atoms with Crippen LogP contribution in [-0.4, -0.2) is 55.5 Å². The highest BCUT2D eigenvalue weighted by molar-refractivity contribution is 6.09. The summed E-state index contributed by atoms with van der Waals surface area (Å²) < 4.78 is 0. The highest BCUT2D eigenvalue weighted by Crippen LogP contribution is 2.39. The van der Waals surface area contributed by atoms with Crippen LogP contribution in [0.3, 0.4) is 0 Å². The van der Waals surface area contributed by atoms with Gasteiger partial charge >= 0.3 is 6.03 Å². The second kappa shape index (κ2) is 9.13. The van der Waals surface area contributed by atoms with Gasteiger partial charge < -0.3 is 10.2 Å². The number of para-hydroxylation sites is 1. The predicted octanol–water partition coefficient (Wildman–Crippen LogP) is 2.55. The summed E-state index contributed by atoms with van der Waals surface area (Å²) in [4.78, 5) is 40.5. The number of benzene rings is 1. The van der Waals surface area contributed by atoms with E-state index in [1.165, 1.54) is 24.2 Å². The number of halogens is 1. The Labute approximate surface area is 177 Å². The third kappa shape index (κ3) is 4.56. The van der Waals surface area contributed by atoms with Gasteiger partial charge in [0.1, 0.15) is 0 Å². The van der Waals surface area contributed by atoms with E-state index in [0.717, 1.165) is 39.0 Å². The largest absolute Gasteiger partial charge is 0.339 e. The number of carbonyl (C=O) groups is 3. The van der Waals surface area contributed by atoms with Crippen molar-refractivity contribution in [2.45, 2.75) is 38.5 Å². The van der Waals surface area contributed by atoms with Gasteiger partial charge in [0.2, 0.25) is 5.91 Å². The van der Waals surface area contributed by atoms with Crippen molar-refractivity contribution in [2.75, 3.05) is 37.6 Å². The maximum Gasteiger partial charge on any atom is 0.328 e. The summed E-state index contributed by atoms with van der Waals surface area (Å²) in [5.74, 6) is -0.295. The Morgan fingerprint density at radius 2 is 1.72 bits per heavy atom. The van der Waals surface area contributed by atoms with Gasteiger partial charge in [0.25, 0.3) is 5.91 Å². The van der Waals surface area contributed by atoms with E-state index in [-0.39, 0.29) is 30.6 Å². The van der Waals surface area contributed by atoms with Gasteiger partial charge in [0.05, 0.1) is 11.3 Å².